The first-order valence-corrected chi connectivity index (χ1v) is 13.2. The summed E-state index contributed by atoms with van der Waals surface area (Å²) >= 11 is 0. The number of benzene rings is 4. The van der Waals surface area contributed by atoms with Gasteiger partial charge in [-0.05, 0) is 0 Å². The topological polar surface area (TPSA) is 55.1 Å². The summed E-state index contributed by atoms with van der Waals surface area (Å²) in [5, 5.41) is 7.25. The van der Waals surface area contributed by atoms with Crippen molar-refractivity contribution in [2.45, 2.75) is 6.42 Å². The van der Waals surface area contributed by atoms with Crippen molar-refractivity contribution in [2.75, 3.05) is 18.4 Å². The first-order chi connectivity index (χ1) is 15.7. The standard InChI is InChI=1S/C28H29N2OP/c29-24-13-10-12-23(22-24)28(31)30-20-11-21-32(25-14-4-1-5-15-25,26-16-6-2-7-17-26)27-18-8-3-9-19-27/h1-10,12-19,22,32H,11,20-21,29H2,(H,30,31). The van der Waals surface area contributed by atoms with Gasteiger partial charge in [-0.2, -0.15) is 0 Å². The predicted molar refractivity (Wildman–Crippen MR) is 139 cm³/mol. The molecule has 0 unspecified atom stereocenters. The van der Waals surface area contributed by atoms with Crippen LogP contribution in [0.1, 0.15) is 16.8 Å². The van der Waals surface area contributed by atoms with Gasteiger partial charge >= 0.3 is 191 Å². The van der Waals surface area contributed by atoms with Gasteiger partial charge in [0.25, 0.3) is 0 Å². The van der Waals surface area contributed by atoms with Gasteiger partial charge in [0.15, 0.2) is 0 Å². The van der Waals surface area contributed by atoms with E-state index in [-0.39, 0.29) is 5.91 Å². The molecule has 0 saturated heterocycles. The number of rotatable bonds is 8. The molecule has 0 aromatic heterocycles. The van der Waals surface area contributed by atoms with Crippen LogP contribution in [-0.4, -0.2) is 18.6 Å². The van der Waals surface area contributed by atoms with E-state index in [1.165, 1.54) is 15.9 Å². The molecule has 32 heavy (non-hydrogen) atoms. The van der Waals surface area contributed by atoms with E-state index in [0.29, 0.717) is 17.8 Å². The molecule has 0 fully saturated rings. The van der Waals surface area contributed by atoms with Crippen molar-refractivity contribution in [3.63, 3.8) is 0 Å². The van der Waals surface area contributed by atoms with Crippen LogP contribution in [0.3, 0.4) is 0 Å². The van der Waals surface area contributed by atoms with Crippen molar-refractivity contribution >= 4 is 34.8 Å². The van der Waals surface area contributed by atoms with Gasteiger partial charge in [-0.1, -0.05) is 0 Å². The maximum atomic E-state index is 12.6. The molecule has 162 valence electrons. The van der Waals surface area contributed by atoms with E-state index < -0.39 is 7.26 Å². The molecule has 4 aromatic rings. The van der Waals surface area contributed by atoms with Crippen LogP contribution in [0, 0.1) is 0 Å². The third-order valence-electron chi connectivity index (χ3n) is 5.96. The van der Waals surface area contributed by atoms with Crippen LogP contribution in [0.4, 0.5) is 5.69 Å². The fraction of sp³-hybridized carbons (Fsp3) is 0.107. The Morgan fingerprint density at radius 3 is 1.66 bits per heavy atom. The minimum atomic E-state index is -2.26. The number of amides is 1. The minimum absolute atomic E-state index is 0.0799. The third-order valence-corrected chi connectivity index (χ3v) is 11.0. The fourth-order valence-corrected chi connectivity index (χ4v) is 9.30. The van der Waals surface area contributed by atoms with Crippen molar-refractivity contribution in [3.8, 4) is 0 Å². The molecule has 0 aliphatic rings. The van der Waals surface area contributed by atoms with Crippen LogP contribution < -0.4 is 27.0 Å². The fourth-order valence-electron chi connectivity index (χ4n) is 4.44. The van der Waals surface area contributed by atoms with E-state index in [9.17, 15) is 4.79 Å². The number of hydrogen-bond donors (Lipinski definition) is 2. The molecule has 0 bridgehead atoms. The van der Waals surface area contributed by atoms with Crippen LogP contribution in [0.2, 0.25) is 0 Å². The Morgan fingerprint density at radius 1 is 0.688 bits per heavy atom. The van der Waals surface area contributed by atoms with Gasteiger partial charge in [-0.25, -0.2) is 0 Å². The molecule has 3 N–H and O–H groups in total. The van der Waals surface area contributed by atoms with Gasteiger partial charge in [-0.3, -0.25) is 0 Å². The zero-order valence-electron chi connectivity index (χ0n) is 18.1. The van der Waals surface area contributed by atoms with Crippen molar-refractivity contribution in [1.82, 2.24) is 5.32 Å². The third kappa shape index (κ3) is 4.74. The Labute approximate surface area is 190 Å². The van der Waals surface area contributed by atoms with Gasteiger partial charge in [0.2, 0.25) is 0 Å². The molecule has 0 saturated carbocycles. The average molecular weight is 441 g/mol. The van der Waals surface area contributed by atoms with Gasteiger partial charge < -0.3 is 0 Å². The first kappa shape index (κ1) is 21.8. The summed E-state index contributed by atoms with van der Waals surface area (Å²) in [5.41, 5.74) is 7.03. The number of anilines is 1. The van der Waals surface area contributed by atoms with E-state index >= 15 is 0 Å². The number of carbonyl (C=O) groups is 1. The van der Waals surface area contributed by atoms with E-state index in [0.717, 1.165) is 12.6 Å². The monoisotopic (exact) mass is 440 g/mol. The molecule has 4 aromatic carbocycles. The van der Waals surface area contributed by atoms with Crippen LogP contribution in [0.25, 0.3) is 0 Å². The summed E-state index contributed by atoms with van der Waals surface area (Å²) in [6.45, 7) is 0.620. The maximum absolute atomic E-state index is 12.6. The Morgan fingerprint density at radius 2 is 1.19 bits per heavy atom. The molecular formula is C28H29N2OP. The normalized spacial score (nSPS) is 11.6. The van der Waals surface area contributed by atoms with Crippen LogP contribution in [-0.2, 0) is 0 Å². The Kier molecular flexibility index (Phi) is 6.99. The predicted octanol–water partition coefficient (Wildman–Crippen LogP) is 4.12. The summed E-state index contributed by atoms with van der Waals surface area (Å²) in [7, 11) is -2.26. The SMILES string of the molecule is Nc1cccc(C(=O)NCCC[PH](c2ccccc2)(c2ccccc2)c2ccccc2)c1. The summed E-state index contributed by atoms with van der Waals surface area (Å²) in [5.74, 6) is -0.0799. The van der Waals surface area contributed by atoms with Gasteiger partial charge in [0, 0.05) is 0 Å². The zero-order chi connectivity index (χ0) is 22.2. The van der Waals surface area contributed by atoms with Gasteiger partial charge in [-0.15, -0.1) is 0 Å². The molecular weight excluding hydrogens is 411 g/mol. The number of nitrogens with two attached hydrogens (primary N) is 1. The molecule has 0 spiro atoms. The van der Waals surface area contributed by atoms with Crippen molar-refractivity contribution in [2.24, 2.45) is 0 Å². The summed E-state index contributed by atoms with van der Waals surface area (Å²) in [6, 6.07) is 39.7. The van der Waals surface area contributed by atoms with Gasteiger partial charge in [0.1, 0.15) is 0 Å². The van der Waals surface area contributed by atoms with Crippen LogP contribution in [0.15, 0.2) is 115 Å². The number of nitrogens with one attached hydrogen (secondary N) is 1. The number of hydrogen-bond acceptors (Lipinski definition) is 2. The number of nitrogen functional groups attached to an aromatic ring is 1. The molecule has 4 heteroatoms. The van der Waals surface area contributed by atoms with Crippen LogP contribution >= 0.6 is 7.26 Å². The van der Waals surface area contributed by atoms with Gasteiger partial charge in [0.05, 0.1) is 0 Å². The Balaban J connectivity index is 1.62. The molecule has 0 aliphatic carbocycles. The molecule has 0 aliphatic heterocycles. The average Bonchev–Trinajstić information content (AvgIpc) is 2.86. The number of carbonyl (C=O) groups excluding carboxylic acids is 1. The van der Waals surface area contributed by atoms with E-state index in [1.54, 1.807) is 18.2 Å². The summed E-state index contributed by atoms with van der Waals surface area (Å²) in [4.78, 5) is 12.6. The summed E-state index contributed by atoms with van der Waals surface area (Å²) in [6.07, 6.45) is 1.89. The van der Waals surface area contributed by atoms with E-state index in [2.05, 4.69) is 96.3 Å². The molecule has 0 radical (unpaired) electrons. The second kappa shape index (κ2) is 10.3. The summed E-state index contributed by atoms with van der Waals surface area (Å²) < 4.78 is 0. The zero-order valence-corrected chi connectivity index (χ0v) is 19.1. The van der Waals surface area contributed by atoms with E-state index in [4.69, 9.17) is 5.73 Å². The quantitative estimate of drug-likeness (QED) is 0.246. The second-order valence-corrected chi connectivity index (χ2v) is 12.0. The molecule has 1 amide bonds. The van der Waals surface area contributed by atoms with Crippen molar-refractivity contribution in [1.29, 1.82) is 0 Å². The molecule has 4 rings (SSSR count). The molecule has 0 atom stereocenters. The Bertz CT molecular complexity index is 1050. The van der Waals surface area contributed by atoms with E-state index in [1.807, 2.05) is 6.07 Å². The van der Waals surface area contributed by atoms with Crippen molar-refractivity contribution < 1.29 is 4.79 Å². The molecule has 3 nitrogen and oxygen atoms in total. The van der Waals surface area contributed by atoms with Crippen LogP contribution in [0.5, 0.6) is 0 Å². The van der Waals surface area contributed by atoms with Crippen molar-refractivity contribution in [3.05, 3.63) is 121 Å². The molecule has 0 heterocycles. The first-order valence-electron chi connectivity index (χ1n) is 11.0. The second-order valence-electron chi connectivity index (χ2n) is 7.99. The Hall–Kier alpha value is -3.42.